The molecule has 0 unspecified atom stereocenters. The van der Waals surface area contributed by atoms with Crippen molar-refractivity contribution in [3.63, 3.8) is 0 Å². The molecule has 1 saturated heterocycles. The highest BCUT2D eigenvalue weighted by Gasteiger charge is 2.28. The smallest absolute Gasteiger partial charge is 0.252 e. The van der Waals surface area contributed by atoms with Gasteiger partial charge in [-0.25, -0.2) is 0 Å². The van der Waals surface area contributed by atoms with Gasteiger partial charge < -0.3 is 20.7 Å². The molecular formula is C13H19N3O3. The van der Waals surface area contributed by atoms with Gasteiger partial charge in [0.05, 0.1) is 11.2 Å². The highest BCUT2D eigenvalue weighted by molar-refractivity contribution is 5.93. The first-order valence-electron chi connectivity index (χ1n) is 6.49. The quantitative estimate of drug-likeness (QED) is 0.598. The summed E-state index contributed by atoms with van der Waals surface area (Å²) in [6.45, 7) is 1.88. The average Bonchev–Trinajstić information content (AvgIpc) is 2.62. The van der Waals surface area contributed by atoms with Crippen LogP contribution in [0.15, 0.2) is 23.1 Å². The molecule has 1 atom stereocenters. The summed E-state index contributed by atoms with van der Waals surface area (Å²) in [6.07, 6.45) is 3.56. The van der Waals surface area contributed by atoms with Crippen molar-refractivity contribution >= 4 is 5.91 Å². The Labute approximate surface area is 111 Å². The van der Waals surface area contributed by atoms with Crippen LogP contribution in [-0.4, -0.2) is 41.2 Å². The zero-order valence-corrected chi connectivity index (χ0v) is 10.7. The molecule has 6 heteroatoms. The van der Waals surface area contributed by atoms with E-state index in [0.717, 1.165) is 19.5 Å². The van der Waals surface area contributed by atoms with Crippen molar-refractivity contribution < 1.29 is 9.90 Å². The van der Waals surface area contributed by atoms with Crippen LogP contribution < -0.4 is 16.2 Å². The van der Waals surface area contributed by atoms with Crippen molar-refractivity contribution in [2.75, 3.05) is 19.6 Å². The number of amides is 1. The van der Waals surface area contributed by atoms with Crippen molar-refractivity contribution in [1.82, 2.24) is 15.6 Å². The summed E-state index contributed by atoms with van der Waals surface area (Å²) in [5.41, 5.74) is -0.707. The molecule has 0 bridgehead atoms. The second-order valence-corrected chi connectivity index (χ2v) is 4.95. The number of hydrogen-bond donors (Lipinski definition) is 4. The number of aliphatic hydroxyl groups is 1. The number of aromatic amines is 1. The first-order chi connectivity index (χ1) is 9.09. The van der Waals surface area contributed by atoms with Gasteiger partial charge in [0.2, 0.25) is 5.56 Å². The number of pyridine rings is 1. The van der Waals surface area contributed by atoms with E-state index >= 15 is 0 Å². The molecule has 0 saturated carbocycles. The Morgan fingerprint density at radius 1 is 1.37 bits per heavy atom. The molecule has 1 aromatic rings. The largest absolute Gasteiger partial charge is 0.388 e. The number of nitrogens with one attached hydrogen (secondary N) is 3. The van der Waals surface area contributed by atoms with Gasteiger partial charge in [0.1, 0.15) is 0 Å². The maximum atomic E-state index is 11.9. The van der Waals surface area contributed by atoms with Crippen molar-refractivity contribution in [3.8, 4) is 0 Å². The van der Waals surface area contributed by atoms with Crippen molar-refractivity contribution in [1.29, 1.82) is 0 Å². The molecule has 4 N–H and O–H groups in total. The lowest BCUT2D eigenvalue weighted by atomic mass is 9.95. The number of H-pyrrole nitrogens is 1. The Morgan fingerprint density at radius 3 is 2.95 bits per heavy atom. The van der Waals surface area contributed by atoms with E-state index in [-0.39, 0.29) is 18.0 Å². The number of hydrogen-bond acceptors (Lipinski definition) is 4. The van der Waals surface area contributed by atoms with Crippen molar-refractivity contribution in [2.24, 2.45) is 0 Å². The van der Waals surface area contributed by atoms with Crippen LogP contribution >= 0.6 is 0 Å². The lowest BCUT2D eigenvalue weighted by molar-refractivity contribution is 0.0276. The highest BCUT2D eigenvalue weighted by Crippen LogP contribution is 2.18. The molecule has 1 aliphatic rings. The molecule has 2 rings (SSSR count). The number of aromatic nitrogens is 1. The molecule has 1 fully saturated rings. The fraction of sp³-hybridized carbons (Fsp3) is 0.538. The number of carbonyl (C=O) groups is 1. The van der Waals surface area contributed by atoms with Gasteiger partial charge in [-0.05, 0) is 38.4 Å². The minimum absolute atomic E-state index is 0.229. The summed E-state index contributed by atoms with van der Waals surface area (Å²) >= 11 is 0. The second-order valence-electron chi connectivity index (χ2n) is 4.95. The predicted octanol–water partition coefficient (Wildman–Crippen LogP) is -0.391. The monoisotopic (exact) mass is 265 g/mol. The Hall–Kier alpha value is -1.66. The first kappa shape index (κ1) is 13.8. The third-order valence-corrected chi connectivity index (χ3v) is 3.39. The van der Waals surface area contributed by atoms with E-state index in [2.05, 4.69) is 15.6 Å². The standard InChI is InChI=1S/C13H19N3O3/c17-11-3-2-10(8-15-11)12(18)16-9-13(19)4-1-6-14-7-5-13/h2-3,8,14,19H,1,4-7,9H2,(H,15,17)(H,16,18)/t13-/m0/s1. The summed E-state index contributed by atoms with van der Waals surface area (Å²) in [5, 5.41) is 16.3. The van der Waals surface area contributed by atoms with Crippen LogP contribution in [0.5, 0.6) is 0 Å². The predicted molar refractivity (Wildman–Crippen MR) is 71.1 cm³/mol. The molecule has 0 spiro atoms. The van der Waals surface area contributed by atoms with Gasteiger partial charge in [-0.3, -0.25) is 9.59 Å². The first-order valence-corrected chi connectivity index (χ1v) is 6.49. The molecule has 6 nitrogen and oxygen atoms in total. The Bertz CT molecular complexity index is 470. The van der Waals surface area contributed by atoms with Gasteiger partial charge in [-0.1, -0.05) is 0 Å². The van der Waals surface area contributed by atoms with Gasteiger partial charge in [-0.15, -0.1) is 0 Å². The average molecular weight is 265 g/mol. The lowest BCUT2D eigenvalue weighted by Gasteiger charge is -2.26. The maximum Gasteiger partial charge on any atom is 0.252 e. The Morgan fingerprint density at radius 2 is 2.21 bits per heavy atom. The molecule has 1 aromatic heterocycles. The van der Waals surface area contributed by atoms with Crippen LogP contribution in [0, 0.1) is 0 Å². The topological polar surface area (TPSA) is 94.2 Å². The van der Waals surface area contributed by atoms with Crippen LogP contribution in [0.25, 0.3) is 0 Å². The Kier molecular flexibility index (Phi) is 4.34. The van der Waals surface area contributed by atoms with E-state index in [4.69, 9.17) is 0 Å². The van der Waals surface area contributed by atoms with Crippen molar-refractivity contribution in [3.05, 3.63) is 34.2 Å². The molecule has 2 heterocycles. The van der Waals surface area contributed by atoms with Crippen LogP contribution in [0.4, 0.5) is 0 Å². The van der Waals surface area contributed by atoms with Gasteiger partial charge >= 0.3 is 0 Å². The summed E-state index contributed by atoms with van der Waals surface area (Å²) in [4.78, 5) is 25.2. The van der Waals surface area contributed by atoms with E-state index < -0.39 is 5.60 Å². The minimum atomic E-state index is -0.846. The van der Waals surface area contributed by atoms with Crippen molar-refractivity contribution in [2.45, 2.75) is 24.9 Å². The van der Waals surface area contributed by atoms with Crippen LogP contribution in [0.1, 0.15) is 29.6 Å². The van der Waals surface area contributed by atoms with Crippen LogP contribution in [-0.2, 0) is 0 Å². The summed E-state index contributed by atoms with van der Waals surface area (Å²) < 4.78 is 0. The van der Waals surface area contributed by atoms with Gasteiger partial charge in [0.25, 0.3) is 5.91 Å². The molecular weight excluding hydrogens is 246 g/mol. The Balaban J connectivity index is 1.92. The van der Waals surface area contributed by atoms with E-state index in [0.29, 0.717) is 18.4 Å². The fourth-order valence-electron chi connectivity index (χ4n) is 2.19. The summed E-state index contributed by atoms with van der Waals surface area (Å²) in [5.74, 6) is -0.290. The zero-order valence-electron chi connectivity index (χ0n) is 10.7. The van der Waals surface area contributed by atoms with Crippen LogP contribution in [0.2, 0.25) is 0 Å². The zero-order chi connectivity index (χ0) is 13.7. The minimum Gasteiger partial charge on any atom is -0.388 e. The van der Waals surface area contributed by atoms with Gasteiger partial charge in [0, 0.05) is 18.8 Å². The molecule has 0 aromatic carbocycles. The number of carbonyl (C=O) groups excluding carboxylic acids is 1. The molecule has 104 valence electrons. The summed E-state index contributed by atoms with van der Waals surface area (Å²) in [6, 6.07) is 2.77. The summed E-state index contributed by atoms with van der Waals surface area (Å²) in [7, 11) is 0. The molecule has 0 radical (unpaired) electrons. The second kappa shape index (κ2) is 5.99. The van der Waals surface area contributed by atoms with E-state index in [1.807, 2.05) is 0 Å². The highest BCUT2D eigenvalue weighted by atomic mass is 16.3. The fourth-order valence-corrected chi connectivity index (χ4v) is 2.19. The van der Waals surface area contributed by atoms with Gasteiger partial charge in [-0.2, -0.15) is 0 Å². The van der Waals surface area contributed by atoms with E-state index in [9.17, 15) is 14.7 Å². The van der Waals surface area contributed by atoms with E-state index in [1.54, 1.807) is 0 Å². The molecule has 0 aliphatic carbocycles. The maximum absolute atomic E-state index is 11.9. The molecule has 19 heavy (non-hydrogen) atoms. The van der Waals surface area contributed by atoms with E-state index in [1.165, 1.54) is 18.3 Å². The normalized spacial score (nSPS) is 23.6. The third-order valence-electron chi connectivity index (χ3n) is 3.39. The van der Waals surface area contributed by atoms with Gasteiger partial charge in [0.15, 0.2) is 0 Å². The molecule has 1 aliphatic heterocycles. The van der Waals surface area contributed by atoms with Crippen LogP contribution in [0.3, 0.4) is 0 Å². The SMILES string of the molecule is O=C(NC[C@]1(O)CCCNCC1)c1ccc(=O)[nH]c1. The molecule has 1 amide bonds. The lowest BCUT2D eigenvalue weighted by Crippen LogP contribution is -2.43. The number of rotatable bonds is 3. The third kappa shape index (κ3) is 3.90.